The summed E-state index contributed by atoms with van der Waals surface area (Å²) in [6.07, 6.45) is 2.53. The van der Waals surface area contributed by atoms with Crippen molar-refractivity contribution in [1.82, 2.24) is 20.0 Å². The molecule has 2 aromatic rings. The third kappa shape index (κ3) is 4.99. The number of nitrogens with zero attached hydrogens (tertiary/aromatic N) is 3. The van der Waals surface area contributed by atoms with Crippen LogP contribution in [0.4, 0.5) is 13.2 Å². The zero-order valence-electron chi connectivity index (χ0n) is 14.9. The molecule has 1 aliphatic heterocycles. The molecule has 28 heavy (non-hydrogen) atoms. The number of likely N-dealkylation sites (tertiary alicyclic amines) is 1. The fourth-order valence-electron chi connectivity index (χ4n) is 2.97. The standard InChI is InChI=1S/C19H19F3N4O2/c20-19(21,22)15-5-2-14(3-6-15)4-7-17(27)23-12-18(28)25-11-8-16(13-25)26-10-1-9-24-26/h1-7,9-10,16H,8,11-13H2,(H,23,27)/b7-4+/t16-/m1/s1. The van der Waals surface area contributed by atoms with Crippen LogP contribution in [0.3, 0.4) is 0 Å². The molecule has 1 aliphatic rings. The topological polar surface area (TPSA) is 67.2 Å². The number of carbonyl (C=O) groups excluding carboxylic acids is 2. The molecule has 0 aliphatic carbocycles. The van der Waals surface area contributed by atoms with Crippen molar-refractivity contribution in [2.75, 3.05) is 19.6 Å². The number of aromatic nitrogens is 2. The van der Waals surface area contributed by atoms with E-state index in [1.165, 1.54) is 24.3 Å². The summed E-state index contributed by atoms with van der Waals surface area (Å²) in [5.41, 5.74) is -0.296. The lowest BCUT2D eigenvalue weighted by Gasteiger charge is -2.16. The summed E-state index contributed by atoms with van der Waals surface area (Å²) in [7, 11) is 0. The summed E-state index contributed by atoms with van der Waals surface area (Å²) >= 11 is 0. The highest BCUT2D eigenvalue weighted by atomic mass is 19.4. The van der Waals surface area contributed by atoms with Gasteiger partial charge in [0, 0.05) is 31.6 Å². The molecule has 0 saturated carbocycles. The van der Waals surface area contributed by atoms with Gasteiger partial charge in [0.2, 0.25) is 11.8 Å². The van der Waals surface area contributed by atoms with Gasteiger partial charge in [-0.15, -0.1) is 0 Å². The van der Waals surface area contributed by atoms with Crippen LogP contribution in [0.2, 0.25) is 0 Å². The van der Waals surface area contributed by atoms with Crippen LogP contribution in [-0.2, 0) is 15.8 Å². The lowest BCUT2D eigenvalue weighted by molar-refractivity contribution is -0.137. The normalized spacial score (nSPS) is 17.2. The first-order valence-electron chi connectivity index (χ1n) is 8.73. The molecule has 1 fully saturated rings. The van der Waals surface area contributed by atoms with Crippen LogP contribution in [0.15, 0.2) is 48.8 Å². The smallest absolute Gasteiger partial charge is 0.343 e. The summed E-state index contributed by atoms with van der Waals surface area (Å²) in [5, 5.41) is 6.67. The van der Waals surface area contributed by atoms with E-state index in [1.807, 2.05) is 16.9 Å². The molecule has 0 bridgehead atoms. The number of alkyl halides is 3. The molecule has 2 heterocycles. The Kier molecular flexibility index (Phi) is 5.81. The maximum Gasteiger partial charge on any atom is 0.416 e. The third-order valence-corrected chi connectivity index (χ3v) is 4.49. The fourth-order valence-corrected chi connectivity index (χ4v) is 2.97. The Morgan fingerprint density at radius 2 is 2.00 bits per heavy atom. The van der Waals surface area contributed by atoms with Gasteiger partial charge in [0.05, 0.1) is 18.2 Å². The third-order valence-electron chi connectivity index (χ3n) is 4.49. The van der Waals surface area contributed by atoms with Crippen LogP contribution in [0.25, 0.3) is 6.08 Å². The number of benzene rings is 1. The molecule has 9 heteroatoms. The van der Waals surface area contributed by atoms with Gasteiger partial charge in [0.25, 0.3) is 0 Å². The predicted molar refractivity (Wildman–Crippen MR) is 95.9 cm³/mol. The van der Waals surface area contributed by atoms with Crippen LogP contribution in [0.5, 0.6) is 0 Å². The van der Waals surface area contributed by atoms with Crippen LogP contribution in [0.1, 0.15) is 23.6 Å². The van der Waals surface area contributed by atoms with Crippen molar-refractivity contribution in [1.29, 1.82) is 0 Å². The average Bonchev–Trinajstić information content (AvgIpc) is 3.35. The average molecular weight is 392 g/mol. The number of carbonyl (C=O) groups is 2. The van der Waals surface area contributed by atoms with E-state index in [-0.39, 0.29) is 18.5 Å². The van der Waals surface area contributed by atoms with Gasteiger partial charge in [-0.2, -0.15) is 18.3 Å². The highest BCUT2D eigenvalue weighted by Gasteiger charge is 2.30. The second-order valence-electron chi connectivity index (χ2n) is 6.44. The van der Waals surface area contributed by atoms with E-state index >= 15 is 0 Å². The quantitative estimate of drug-likeness (QED) is 0.795. The van der Waals surface area contributed by atoms with Crippen LogP contribution in [0, 0.1) is 0 Å². The summed E-state index contributed by atoms with van der Waals surface area (Å²) in [4.78, 5) is 25.7. The summed E-state index contributed by atoms with van der Waals surface area (Å²) in [6, 6.07) is 6.41. The van der Waals surface area contributed by atoms with E-state index < -0.39 is 17.6 Å². The van der Waals surface area contributed by atoms with Crippen LogP contribution in [-0.4, -0.2) is 46.1 Å². The SMILES string of the molecule is O=C(/C=C/c1ccc(C(F)(F)F)cc1)NCC(=O)N1CC[C@@H](n2cccn2)C1. The molecule has 148 valence electrons. The summed E-state index contributed by atoms with van der Waals surface area (Å²) < 4.78 is 39.4. The first kappa shape index (κ1) is 19.7. The van der Waals surface area contributed by atoms with Gasteiger partial charge in [-0.3, -0.25) is 14.3 Å². The first-order chi connectivity index (χ1) is 13.3. The van der Waals surface area contributed by atoms with Gasteiger partial charge in [-0.1, -0.05) is 12.1 Å². The summed E-state index contributed by atoms with van der Waals surface area (Å²) in [5.74, 6) is -0.679. The molecule has 3 rings (SSSR count). The predicted octanol–water partition coefficient (Wildman–Crippen LogP) is 2.50. The molecule has 6 nitrogen and oxygen atoms in total. The highest BCUT2D eigenvalue weighted by Crippen LogP contribution is 2.29. The molecule has 1 saturated heterocycles. The van der Waals surface area contributed by atoms with Gasteiger partial charge in [-0.05, 0) is 36.3 Å². The number of hydrogen-bond acceptors (Lipinski definition) is 3. The Morgan fingerprint density at radius 3 is 2.64 bits per heavy atom. The molecule has 0 unspecified atom stereocenters. The molecule has 1 aromatic carbocycles. The molecule has 0 spiro atoms. The minimum atomic E-state index is -4.40. The van der Waals surface area contributed by atoms with E-state index in [4.69, 9.17) is 0 Å². The second-order valence-corrected chi connectivity index (χ2v) is 6.44. The molecule has 2 amide bonds. The Morgan fingerprint density at radius 1 is 1.25 bits per heavy atom. The fraction of sp³-hybridized carbons (Fsp3) is 0.316. The highest BCUT2D eigenvalue weighted by molar-refractivity contribution is 5.94. The van der Waals surface area contributed by atoms with Crippen molar-refractivity contribution in [3.63, 3.8) is 0 Å². The van der Waals surface area contributed by atoms with Gasteiger partial charge in [0.15, 0.2) is 0 Å². The van der Waals surface area contributed by atoms with E-state index in [0.29, 0.717) is 18.7 Å². The van der Waals surface area contributed by atoms with Crippen molar-refractivity contribution in [2.24, 2.45) is 0 Å². The largest absolute Gasteiger partial charge is 0.416 e. The van der Waals surface area contributed by atoms with Crippen LogP contribution < -0.4 is 5.32 Å². The van der Waals surface area contributed by atoms with E-state index in [2.05, 4.69) is 10.4 Å². The van der Waals surface area contributed by atoms with Crippen molar-refractivity contribution in [2.45, 2.75) is 18.6 Å². The van der Waals surface area contributed by atoms with Crippen molar-refractivity contribution in [3.05, 3.63) is 59.9 Å². The Labute approximate surface area is 159 Å². The van der Waals surface area contributed by atoms with Crippen molar-refractivity contribution in [3.8, 4) is 0 Å². The lowest BCUT2D eigenvalue weighted by Crippen LogP contribution is -2.38. The second kappa shape index (κ2) is 8.28. The van der Waals surface area contributed by atoms with Gasteiger partial charge in [0.1, 0.15) is 0 Å². The zero-order chi connectivity index (χ0) is 20.1. The molecule has 1 atom stereocenters. The zero-order valence-corrected chi connectivity index (χ0v) is 14.9. The monoisotopic (exact) mass is 392 g/mol. The minimum Gasteiger partial charge on any atom is -0.343 e. The number of rotatable bonds is 5. The molecular formula is C19H19F3N4O2. The summed E-state index contributed by atoms with van der Waals surface area (Å²) in [6.45, 7) is 1.00. The maximum atomic E-state index is 12.5. The van der Waals surface area contributed by atoms with Gasteiger partial charge < -0.3 is 10.2 Å². The van der Waals surface area contributed by atoms with Gasteiger partial charge in [-0.25, -0.2) is 0 Å². The van der Waals surface area contributed by atoms with Gasteiger partial charge >= 0.3 is 6.18 Å². The maximum absolute atomic E-state index is 12.5. The first-order valence-corrected chi connectivity index (χ1v) is 8.73. The molecule has 1 aromatic heterocycles. The Balaban J connectivity index is 1.45. The Hall–Kier alpha value is -3.10. The minimum absolute atomic E-state index is 0.134. The van der Waals surface area contributed by atoms with E-state index in [0.717, 1.165) is 18.6 Å². The van der Waals surface area contributed by atoms with E-state index in [9.17, 15) is 22.8 Å². The molecular weight excluding hydrogens is 373 g/mol. The number of amides is 2. The number of halogens is 3. The molecule has 0 radical (unpaired) electrons. The molecule has 1 N–H and O–H groups in total. The Bertz CT molecular complexity index is 845. The number of nitrogens with one attached hydrogen (secondary N) is 1. The van der Waals surface area contributed by atoms with Crippen molar-refractivity contribution >= 4 is 17.9 Å². The van der Waals surface area contributed by atoms with Crippen LogP contribution >= 0.6 is 0 Å². The number of hydrogen-bond donors (Lipinski definition) is 1. The van der Waals surface area contributed by atoms with E-state index in [1.54, 1.807) is 11.1 Å². The van der Waals surface area contributed by atoms with Crippen molar-refractivity contribution < 1.29 is 22.8 Å². The lowest BCUT2D eigenvalue weighted by atomic mass is 10.1.